The number of hydrogen-bond acceptors (Lipinski definition) is 3. The Kier molecular flexibility index (Phi) is 5.06. The molecule has 1 aromatic carbocycles. The minimum Gasteiger partial charge on any atom is -0.352 e. The van der Waals surface area contributed by atoms with Gasteiger partial charge in [0, 0.05) is 18.4 Å². The van der Waals surface area contributed by atoms with Crippen LogP contribution < -0.4 is 5.32 Å². The van der Waals surface area contributed by atoms with Crippen LogP contribution in [0.2, 0.25) is 0 Å². The van der Waals surface area contributed by atoms with Crippen molar-refractivity contribution in [1.29, 1.82) is 0 Å². The molecular formula is C18H23N3OS. The highest BCUT2D eigenvalue weighted by Gasteiger charge is 2.22. The van der Waals surface area contributed by atoms with Crippen molar-refractivity contribution < 1.29 is 4.79 Å². The van der Waals surface area contributed by atoms with Crippen LogP contribution in [-0.2, 0) is 4.79 Å². The lowest BCUT2D eigenvalue weighted by Gasteiger charge is -2.17. The van der Waals surface area contributed by atoms with Crippen molar-refractivity contribution in [3.63, 3.8) is 0 Å². The van der Waals surface area contributed by atoms with E-state index in [4.69, 9.17) is 0 Å². The van der Waals surface area contributed by atoms with E-state index in [0.29, 0.717) is 6.04 Å². The van der Waals surface area contributed by atoms with Crippen LogP contribution in [0.3, 0.4) is 0 Å². The molecule has 5 heteroatoms. The summed E-state index contributed by atoms with van der Waals surface area (Å²) in [5.74, 6) is 0.112. The lowest BCUT2D eigenvalue weighted by molar-refractivity contribution is -0.120. The Bertz CT molecular complexity index is 676. The van der Waals surface area contributed by atoms with Crippen LogP contribution >= 0.6 is 11.8 Å². The fraction of sp³-hybridized carbons (Fsp3) is 0.444. The molecule has 1 aromatic heterocycles. The van der Waals surface area contributed by atoms with Gasteiger partial charge in [0.05, 0.1) is 10.9 Å². The van der Waals surface area contributed by atoms with Crippen molar-refractivity contribution in [1.82, 2.24) is 14.9 Å². The van der Waals surface area contributed by atoms with E-state index in [0.717, 1.165) is 23.7 Å². The van der Waals surface area contributed by atoms with E-state index in [2.05, 4.69) is 33.9 Å². The first-order valence-electron chi connectivity index (χ1n) is 8.21. The molecule has 3 rings (SSSR count). The molecule has 0 aliphatic heterocycles. The van der Waals surface area contributed by atoms with Crippen LogP contribution in [0, 0.1) is 6.92 Å². The molecule has 1 amide bonds. The number of carbonyl (C=O) groups is 1. The van der Waals surface area contributed by atoms with E-state index in [1.807, 2.05) is 25.3 Å². The molecule has 1 atom stereocenters. The Morgan fingerprint density at radius 3 is 2.83 bits per heavy atom. The molecule has 1 heterocycles. The standard InChI is InChI=1S/C18H23N3OS/c1-13-7-3-6-10-16(13)21-12-11-19-18(21)23-14(2)17(22)20-15-8-4-5-9-15/h3,6-7,10-12,14-15H,4-5,8-9H2,1-2H3,(H,20,22). The Morgan fingerprint density at radius 2 is 2.09 bits per heavy atom. The van der Waals surface area contributed by atoms with Crippen molar-refractivity contribution >= 4 is 17.7 Å². The van der Waals surface area contributed by atoms with Gasteiger partial charge in [0.1, 0.15) is 0 Å². The number of imidazole rings is 1. The summed E-state index contributed by atoms with van der Waals surface area (Å²) in [5.41, 5.74) is 2.30. The fourth-order valence-corrected chi connectivity index (χ4v) is 3.88. The molecule has 1 unspecified atom stereocenters. The highest BCUT2D eigenvalue weighted by atomic mass is 32.2. The lowest BCUT2D eigenvalue weighted by atomic mass is 10.2. The predicted octanol–water partition coefficient (Wildman–Crippen LogP) is 3.72. The van der Waals surface area contributed by atoms with Gasteiger partial charge in [-0.2, -0.15) is 0 Å². The first kappa shape index (κ1) is 16.1. The van der Waals surface area contributed by atoms with Crippen LogP contribution in [0.5, 0.6) is 0 Å². The first-order valence-corrected chi connectivity index (χ1v) is 9.09. The third-order valence-corrected chi connectivity index (χ3v) is 5.42. The number of aryl methyl sites for hydroxylation is 1. The Morgan fingerprint density at radius 1 is 1.35 bits per heavy atom. The maximum absolute atomic E-state index is 12.4. The summed E-state index contributed by atoms with van der Waals surface area (Å²) in [7, 11) is 0. The van der Waals surface area contributed by atoms with Gasteiger partial charge in [0.2, 0.25) is 5.91 Å². The second-order valence-corrected chi connectivity index (χ2v) is 7.42. The summed E-state index contributed by atoms with van der Waals surface area (Å²) >= 11 is 1.51. The smallest absolute Gasteiger partial charge is 0.233 e. The molecule has 1 fully saturated rings. The van der Waals surface area contributed by atoms with Crippen LogP contribution in [0.4, 0.5) is 0 Å². The summed E-state index contributed by atoms with van der Waals surface area (Å²) in [4.78, 5) is 16.8. The molecular weight excluding hydrogens is 306 g/mol. The lowest BCUT2D eigenvalue weighted by Crippen LogP contribution is -2.37. The quantitative estimate of drug-likeness (QED) is 0.851. The highest BCUT2D eigenvalue weighted by molar-refractivity contribution is 8.00. The fourth-order valence-electron chi connectivity index (χ4n) is 2.99. The van der Waals surface area contributed by atoms with Crippen LogP contribution in [0.25, 0.3) is 5.69 Å². The normalized spacial score (nSPS) is 16.4. The number of hydrogen-bond donors (Lipinski definition) is 1. The van der Waals surface area contributed by atoms with E-state index < -0.39 is 0 Å². The van der Waals surface area contributed by atoms with Gasteiger partial charge < -0.3 is 5.32 Å². The minimum absolute atomic E-state index is 0.112. The number of amides is 1. The molecule has 23 heavy (non-hydrogen) atoms. The third-order valence-electron chi connectivity index (χ3n) is 4.33. The van der Waals surface area contributed by atoms with Gasteiger partial charge >= 0.3 is 0 Å². The van der Waals surface area contributed by atoms with E-state index in [-0.39, 0.29) is 11.2 Å². The van der Waals surface area contributed by atoms with E-state index >= 15 is 0 Å². The minimum atomic E-state index is -0.152. The molecule has 1 aliphatic carbocycles. The number of thioether (sulfide) groups is 1. The van der Waals surface area contributed by atoms with Crippen LogP contribution in [-0.4, -0.2) is 26.8 Å². The Labute approximate surface area is 141 Å². The average Bonchev–Trinajstić information content (AvgIpc) is 3.19. The van der Waals surface area contributed by atoms with Crippen molar-refractivity contribution in [2.75, 3.05) is 0 Å². The van der Waals surface area contributed by atoms with Gasteiger partial charge in [-0.25, -0.2) is 4.98 Å². The van der Waals surface area contributed by atoms with E-state index in [1.165, 1.54) is 30.2 Å². The van der Waals surface area contributed by atoms with Crippen molar-refractivity contribution in [2.45, 2.75) is 56.0 Å². The number of aromatic nitrogens is 2. The van der Waals surface area contributed by atoms with Crippen LogP contribution in [0.15, 0.2) is 41.8 Å². The van der Waals surface area contributed by atoms with Crippen molar-refractivity contribution in [3.8, 4) is 5.69 Å². The number of carbonyl (C=O) groups excluding carboxylic acids is 1. The number of para-hydroxylation sites is 1. The Hall–Kier alpha value is -1.75. The average molecular weight is 329 g/mol. The summed E-state index contributed by atoms with van der Waals surface area (Å²) in [6.45, 7) is 4.03. The zero-order chi connectivity index (χ0) is 16.2. The molecule has 1 saturated carbocycles. The topological polar surface area (TPSA) is 46.9 Å². The molecule has 0 radical (unpaired) electrons. The summed E-state index contributed by atoms with van der Waals surface area (Å²) in [6, 6.07) is 8.57. The largest absolute Gasteiger partial charge is 0.352 e. The number of rotatable bonds is 5. The van der Waals surface area contributed by atoms with Gasteiger partial charge in [-0.15, -0.1) is 0 Å². The van der Waals surface area contributed by atoms with Crippen molar-refractivity contribution in [2.24, 2.45) is 0 Å². The van der Waals surface area contributed by atoms with Gasteiger partial charge in [-0.3, -0.25) is 9.36 Å². The van der Waals surface area contributed by atoms with Crippen LogP contribution in [0.1, 0.15) is 38.2 Å². The zero-order valence-corrected chi connectivity index (χ0v) is 14.5. The molecule has 1 N–H and O–H groups in total. The second kappa shape index (κ2) is 7.21. The van der Waals surface area contributed by atoms with E-state index in [9.17, 15) is 4.79 Å². The molecule has 4 nitrogen and oxygen atoms in total. The summed E-state index contributed by atoms with van der Waals surface area (Å²) in [5, 5.41) is 3.87. The van der Waals surface area contributed by atoms with Gasteiger partial charge in [-0.1, -0.05) is 42.8 Å². The number of nitrogens with zero attached hydrogens (tertiary/aromatic N) is 2. The zero-order valence-electron chi connectivity index (χ0n) is 13.7. The molecule has 0 bridgehead atoms. The maximum atomic E-state index is 12.4. The Balaban J connectivity index is 1.70. The van der Waals surface area contributed by atoms with E-state index in [1.54, 1.807) is 6.20 Å². The first-order chi connectivity index (χ1) is 11.1. The highest BCUT2D eigenvalue weighted by Crippen LogP contribution is 2.26. The molecule has 122 valence electrons. The summed E-state index contributed by atoms with van der Waals surface area (Å²) in [6.07, 6.45) is 8.42. The predicted molar refractivity (Wildman–Crippen MR) is 94.0 cm³/mol. The third kappa shape index (κ3) is 3.78. The maximum Gasteiger partial charge on any atom is 0.233 e. The van der Waals surface area contributed by atoms with Crippen molar-refractivity contribution in [3.05, 3.63) is 42.2 Å². The summed E-state index contributed by atoms with van der Waals surface area (Å²) < 4.78 is 2.05. The molecule has 0 spiro atoms. The molecule has 1 aliphatic rings. The molecule has 2 aromatic rings. The number of nitrogens with one attached hydrogen (secondary N) is 1. The number of benzene rings is 1. The molecule has 0 saturated heterocycles. The van der Waals surface area contributed by atoms with Gasteiger partial charge in [0.15, 0.2) is 5.16 Å². The monoisotopic (exact) mass is 329 g/mol. The van der Waals surface area contributed by atoms with Gasteiger partial charge in [0.25, 0.3) is 0 Å². The SMILES string of the molecule is Cc1ccccc1-n1ccnc1SC(C)C(=O)NC1CCCC1. The second-order valence-electron chi connectivity index (χ2n) is 6.12. The van der Waals surface area contributed by atoms with Gasteiger partial charge in [-0.05, 0) is 38.3 Å².